The van der Waals surface area contributed by atoms with Gasteiger partial charge in [0, 0.05) is 36.4 Å². The van der Waals surface area contributed by atoms with Gasteiger partial charge in [0.05, 0.1) is 0 Å². The summed E-state index contributed by atoms with van der Waals surface area (Å²) in [4.78, 5) is 13.5. The summed E-state index contributed by atoms with van der Waals surface area (Å²) in [5.41, 5.74) is 4.06. The van der Waals surface area contributed by atoms with E-state index in [9.17, 15) is 4.79 Å². The number of benzene rings is 2. The van der Waals surface area contributed by atoms with Crippen molar-refractivity contribution in [3.05, 3.63) is 63.6 Å². The van der Waals surface area contributed by atoms with Crippen molar-refractivity contribution in [2.75, 3.05) is 19.4 Å². The third kappa shape index (κ3) is 4.08. The molecule has 1 amide bonds. The summed E-state index contributed by atoms with van der Waals surface area (Å²) in [7, 11) is 3.51. The number of carbonyl (C=O) groups is 1. The molecule has 4 heteroatoms. The highest BCUT2D eigenvalue weighted by Crippen LogP contribution is 2.18. The van der Waals surface area contributed by atoms with Gasteiger partial charge in [-0.2, -0.15) is 0 Å². The van der Waals surface area contributed by atoms with Crippen LogP contribution in [0.3, 0.4) is 0 Å². The molecular weight excluding hydrogens is 328 g/mol. The normalized spacial score (nSPS) is 10.3. The standard InChI is InChI=1S/C17H19BrN2O/c1-12-9-13(7-8-16(12)18)11-19-15-6-4-5-14(10-15)17(21)20(2)3/h4-10,19H,11H2,1-3H3. The van der Waals surface area contributed by atoms with Crippen molar-refractivity contribution in [1.82, 2.24) is 4.90 Å². The molecule has 0 bridgehead atoms. The average molecular weight is 347 g/mol. The Labute approximate surface area is 134 Å². The zero-order chi connectivity index (χ0) is 15.4. The van der Waals surface area contributed by atoms with E-state index in [0.717, 1.165) is 16.7 Å². The molecule has 0 atom stereocenters. The Kier molecular flexibility index (Phi) is 5.02. The second kappa shape index (κ2) is 6.76. The first-order chi connectivity index (χ1) is 9.97. The third-order valence-electron chi connectivity index (χ3n) is 3.23. The molecule has 3 nitrogen and oxygen atoms in total. The molecule has 0 spiro atoms. The number of amides is 1. The quantitative estimate of drug-likeness (QED) is 0.904. The Morgan fingerprint density at radius 1 is 1.19 bits per heavy atom. The number of anilines is 1. The molecule has 0 aliphatic rings. The zero-order valence-corrected chi connectivity index (χ0v) is 14.1. The summed E-state index contributed by atoms with van der Waals surface area (Å²) >= 11 is 3.50. The van der Waals surface area contributed by atoms with Crippen LogP contribution in [0.1, 0.15) is 21.5 Å². The van der Waals surface area contributed by atoms with Crippen molar-refractivity contribution in [3.8, 4) is 0 Å². The topological polar surface area (TPSA) is 32.3 Å². The SMILES string of the molecule is Cc1cc(CNc2cccc(C(=O)N(C)C)c2)ccc1Br. The molecule has 0 aromatic heterocycles. The summed E-state index contributed by atoms with van der Waals surface area (Å²) in [6.45, 7) is 2.80. The van der Waals surface area contributed by atoms with Gasteiger partial charge in [-0.05, 0) is 42.3 Å². The van der Waals surface area contributed by atoms with Crippen LogP contribution in [0.2, 0.25) is 0 Å². The molecule has 0 unspecified atom stereocenters. The van der Waals surface area contributed by atoms with Gasteiger partial charge in [-0.25, -0.2) is 0 Å². The highest BCUT2D eigenvalue weighted by Gasteiger charge is 2.08. The number of aryl methyl sites for hydroxylation is 1. The summed E-state index contributed by atoms with van der Waals surface area (Å²) in [6, 6.07) is 13.9. The van der Waals surface area contributed by atoms with E-state index in [1.54, 1.807) is 19.0 Å². The first-order valence-electron chi connectivity index (χ1n) is 6.78. The van der Waals surface area contributed by atoms with Gasteiger partial charge in [0.25, 0.3) is 5.91 Å². The Balaban J connectivity index is 2.08. The van der Waals surface area contributed by atoms with Crippen molar-refractivity contribution in [3.63, 3.8) is 0 Å². The number of halogens is 1. The van der Waals surface area contributed by atoms with Gasteiger partial charge in [-0.15, -0.1) is 0 Å². The molecule has 0 heterocycles. The van der Waals surface area contributed by atoms with Crippen LogP contribution >= 0.6 is 15.9 Å². The molecule has 0 saturated heterocycles. The third-order valence-corrected chi connectivity index (χ3v) is 4.12. The minimum atomic E-state index is 0.0122. The highest BCUT2D eigenvalue weighted by atomic mass is 79.9. The van der Waals surface area contributed by atoms with Crippen molar-refractivity contribution in [2.45, 2.75) is 13.5 Å². The zero-order valence-electron chi connectivity index (χ0n) is 12.5. The number of carbonyl (C=O) groups excluding carboxylic acids is 1. The molecule has 2 rings (SSSR count). The lowest BCUT2D eigenvalue weighted by Crippen LogP contribution is -2.21. The van der Waals surface area contributed by atoms with E-state index in [1.807, 2.05) is 24.3 Å². The maximum Gasteiger partial charge on any atom is 0.253 e. The maximum absolute atomic E-state index is 11.9. The summed E-state index contributed by atoms with van der Waals surface area (Å²) < 4.78 is 1.12. The van der Waals surface area contributed by atoms with Gasteiger partial charge in [0.2, 0.25) is 0 Å². The number of nitrogens with one attached hydrogen (secondary N) is 1. The lowest BCUT2D eigenvalue weighted by atomic mass is 10.1. The second-order valence-electron chi connectivity index (χ2n) is 5.22. The molecule has 0 aliphatic carbocycles. The van der Waals surface area contributed by atoms with Crippen LogP contribution in [0, 0.1) is 6.92 Å². The van der Waals surface area contributed by atoms with Crippen LogP contribution < -0.4 is 5.32 Å². The molecule has 0 aliphatic heterocycles. The monoisotopic (exact) mass is 346 g/mol. The summed E-state index contributed by atoms with van der Waals surface area (Å²) in [5.74, 6) is 0.0122. The molecule has 0 radical (unpaired) electrons. The number of rotatable bonds is 4. The maximum atomic E-state index is 11.9. The van der Waals surface area contributed by atoms with Crippen LogP contribution in [0.4, 0.5) is 5.69 Å². The average Bonchev–Trinajstić information content (AvgIpc) is 2.48. The molecule has 2 aromatic rings. The molecular formula is C17H19BrN2O. The van der Waals surface area contributed by atoms with Crippen LogP contribution in [0.25, 0.3) is 0 Å². The van der Waals surface area contributed by atoms with Crippen LogP contribution in [-0.2, 0) is 6.54 Å². The van der Waals surface area contributed by atoms with Gasteiger partial charge in [0.1, 0.15) is 0 Å². The van der Waals surface area contributed by atoms with Crippen LogP contribution in [0.5, 0.6) is 0 Å². The largest absolute Gasteiger partial charge is 0.381 e. The minimum Gasteiger partial charge on any atom is -0.381 e. The van der Waals surface area contributed by atoms with E-state index < -0.39 is 0 Å². The number of hydrogen-bond donors (Lipinski definition) is 1. The van der Waals surface area contributed by atoms with E-state index in [1.165, 1.54) is 11.1 Å². The Bertz CT molecular complexity index is 653. The molecule has 21 heavy (non-hydrogen) atoms. The molecule has 0 fully saturated rings. The van der Waals surface area contributed by atoms with Crippen molar-refractivity contribution < 1.29 is 4.79 Å². The number of nitrogens with zero attached hydrogens (tertiary/aromatic N) is 1. The highest BCUT2D eigenvalue weighted by molar-refractivity contribution is 9.10. The van der Waals surface area contributed by atoms with Gasteiger partial charge in [-0.3, -0.25) is 4.79 Å². The predicted molar refractivity (Wildman–Crippen MR) is 90.7 cm³/mol. The first-order valence-corrected chi connectivity index (χ1v) is 7.57. The van der Waals surface area contributed by atoms with E-state index in [0.29, 0.717) is 5.56 Å². The fourth-order valence-corrected chi connectivity index (χ4v) is 2.29. The van der Waals surface area contributed by atoms with Crippen molar-refractivity contribution >= 4 is 27.5 Å². The van der Waals surface area contributed by atoms with E-state index in [-0.39, 0.29) is 5.91 Å². The Morgan fingerprint density at radius 2 is 1.95 bits per heavy atom. The van der Waals surface area contributed by atoms with Crippen molar-refractivity contribution in [2.24, 2.45) is 0 Å². The number of hydrogen-bond acceptors (Lipinski definition) is 2. The minimum absolute atomic E-state index is 0.0122. The van der Waals surface area contributed by atoms with Crippen LogP contribution in [-0.4, -0.2) is 24.9 Å². The molecule has 2 aromatic carbocycles. The van der Waals surface area contributed by atoms with Gasteiger partial charge < -0.3 is 10.2 Å². The van der Waals surface area contributed by atoms with E-state index in [2.05, 4.69) is 46.4 Å². The Morgan fingerprint density at radius 3 is 2.62 bits per heavy atom. The summed E-state index contributed by atoms with van der Waals surface area (Å²) in [5, 5.41) is 3.36. The first kappa shape index (κ1) is 15.6. The fraction of sp³-hybridized carbons (Fsp3) is 0.235. The van der Waals surface area contributed by atoms with Gasteiger partial charge in [0.15, 0.2) is 0 Å². The van der Waals surface area contributed by atoms with Gasteiger partial charge >= 0.3 is 0 Å². The molecule has 0 saturated carbocycles. The fourth-order valence-electron chi connectivity index (χ4n) is 2.04. The van der Waals surface area contributed by atoms with Crippen molar-refractivity contribution in [1.29, 1.82) is 0 Å². The Hall–Kier alpha value is -1.81. The lowest BCUT2D eigenvalue weighted by Gasteiger charge is -2.12. The predicted octanol–water partition coefficient (Wildman–Crippen LogP) is 4.07. The second-order valence-corrected chi connectivity index (χ2v) is 6.07. The summed E-state index contributed by atoms with van der Waals surface area (Å²) in [6.07, 6.45) is 0. The smallest absolute Gasteiger partial charge is 0.253 e. The van der Waals surface area contributed by atoms with Crippen LogP contribution in [0.15, 0.2) is 46.9 Å². The molecule has 1 N–H and O–H groups in total. The van der Waals surface area contributed by atoms with E-state index in [4.69, 9.17) is 0 Å². The lowest BCUT2D eigenvalue weighted by molar-refractivity contribution is 0.0827. The molecule has 110 valence electrons. The van der Waals surface area contributed by atoms with Gasteiger partial charge in [-0.1, -0.05) is 34.1 Å². The van der Waals surface area contributed by atoms with E-state index >= 15 is 0 Å².